The van der Waals surface area contributed by atoms with Gasteiger partial charge in [0.05, 0.1) is 0 Å². The van der Waals surface area contributed by atoms with Crippen LogP contribution in [0.25, 0.3) is 0 Å². The van der Waals surface area contributed by atoms with E-state index in [0.717, 1.165) is 24.2 Å². The van der Waals surface area contributed by atoms with E-state index in [0.29, 0.717) is 30.3 Å². The van der Waals surface area contributed by atoms with E-state index in [-0.39, 0.29) is 18.5 Å². The molecule has 0 unspecified atom stereocenters. The molecule has 0 bridgehead atoms. The molecule has 6 heteroatoms. The first-order chi connectivity index (χ1) is 13.6. The predicted molar refractivity (Wildman–Crippen MR) is 108 cm³/mol. The number of hydrogen-bond acceptors (Lipinski definition) is 3. The van der Waals surface area contributed by atoms with Gasteiger partial charge in [0.1, 0.15) is 12.4 Å². The van der Waals surface area contributed by atoms with Gasteiger partial charge < -0.3 is 20.7 Å². The summed E-state index contributed by atoms with van der Waals surface area (Å²) in [6, 6.07) is 14.5. The second-order valence-corrected chi connectivity index (χ2v) is 6.59. The quantitative estimate of drug-likeness (QED) is 0.619. The summed E-state index contributed by atoms with van der Waals surface area (Å²) in [7, 11) is 0. The first-order valence-corrected chi connectivity index (χ1v) is 9.25. The van der Waals surface area contributed by atoms with Crippen molar-refractivity contribution in [2.75, 3.05) is 18.5 Å². The highest BCUT2D eigenvalue weighted by atomic mass is 16.5. The third-order valence-electron chi connectivity index (χ3n) is 4.26. The Kier molecular flexibility index (Phi) is 6.53. The normalized spacial score (nSPS) is 12.5. The summed E-state index contributed by atoms with van der Waals surface area (Å²) in [5, 5.41) is 8.50. The van der Waals surface area contributed by atoms with Crippen LogP contribution in [0.3, 0.4) is 0 Å². The van der Waals surface area contributed by atoms with E-state index in [1.807, 2.05) is 24.3 Å². The van der Waals surface area contributed by atoms with Gasteiger partial charge in [0.15, 0.2) is 0 Å². The number of carbonyl (C=O) groups is 2. The van der Waals surface area contributed by atoms with Crippen molar-refractivity contribution in [3.8, 4) is 18.1 Å². The number of hydrogen-bond donors (Lipinski definition) is 3. The Morgan fingerprint density at radius 2 is 1.79 bits per heavy atom. The topological polar surface area (TPSA) is 79.5 Å². The molecule has 3 N–H and O–H groups in total. The molecule has 1 aliphatic rings. The molecule has 144 valence electrons. The Labute approximate surface area is 164 Å². The van der Waals surface area contributed by atoms with Crippen molar-refractivity contribution in [2.24, 2.45) is 0 Å². The van der Waals surface area contributed by atoms with Crippen LogP contribution in [0.5, 0.6) is 5.75 Å². The van der Waals surface area contributed by atoms with Crippen LogP contribution in [-0.2, 0) is 6.42 Å². The second kappa shape index (κ2) is 9.47. The number of ether oxygens (including phenoxy) is 1. The van der Waals surface area contributed by atoms with E-state index in [9.17, 15) is 9.59 Å². The van der Waals surface area contributed by atoms with Gasteiger partial charge in [0.25, 0.3) is 5.91 Å². The average molecular weight is 377 g/mol. The van der Waals surface area contributed by atoms with E-state index in [2.05, 4.69) is 21.9 Å². The first-order valence-electron chi connectivity index (χ1n) is 9.25. The SMILES string of the molecule is C#CCOc1ccc(CCNC(=O)c2ccc(NC(=O)NC3CC3)cc2)cc1. The zero-order valence-electron chi connectivity index (χ0n) is 15.5. The summed E-state index contributed by atoms with van der Waals surface area (Å²) in [6.45, 7) is 0.766. The van der Waals surface area contributed by atoms with E-state index in [1.54, 1.807) is 24.3 Å². The van der Waals surface area contributed by atoms with Crippen molar-refractivity contribution < 1.29 is 14.3 Å². The van der Waals surface area contributed by atoms with Crippen molar-refractivity contribution in [3.63, 3.8) is 0 Å². The Bertz CT molecular complexity index is 850. The highest BCUT2D eigenvalue weighted by Crippen LogP contribution is 2.19. The Morgan fingerprint density at radius 3 is 2.43 bits per heavy atom. The number of urea groups is 1. The van der Waals surface area contributed by atoms with Crippen LogP contribution in [0.2, 0.25) is 0 Å². The van der Waals surface area contributed by atoms with Crippen LogP contribution >= 0.6 is 0 Å². The lowest BCUT2D eigenvalue weighted by molar-refractivity contribution is 0.0954. The van der Waals surface area contributed by atoms with E-state index >= 15 is 0 Å². The van der Waals surface area contributed by atoms with Gasteiger partial charge in [0.2, 0.25) is 0 Å². The molecule has 2 aromatic rings. The van der Waals surface area contributed by atoms with Crippen LogP contribution in [0, 0.1) is 12.3 Å². The van der Waals surface area contributed by atoms with Gasteiger partial charge in [-0.3, -0.25) is 4.79 Å². The molecule has 0 saturated heterocycles. The maximum absolute atomic E-state index is 12.2. The number of benzene rings is 2. The maximum Gasteiger partial charge on any atom is 0.319 e. The molecule has 3 rings (SSSR count). The highest BCUT2D eigenvalue weighted by Gasteiger charge is 2.23. The fourth-order valence-corrected chi connectivity index (χ4v) is 2.58. The molecule has 0 aliphatic heterocycles. The Morgan fingerprint density at radius 1 is 1.07 bits per heavy atom. The van der Waals surface area contributed by atoms with Gasteiger partial charge in [0, 0.05) is 23.8 Å². The lowest BCUT2D eigenvalue weighted by Crippen LogP contribution is -2.30. The summed E-state index contributed by atoms with van der Waals surface area (Å²) in [5.41, 5.74) is 2.29. The molecule has 0 atom stereocenters. The molecule has 1 aliphatic carbocycles. The van der Waals surface area contributed by atoms with Gasteiger partial charge in [-0.2, -0.15) is 0 Å². The number of terminal acetylenes is 1. The zero-order chi connectivity index (χ0) is 19.8. The molecular formula is C22H23N3O3. The molecule has 0 aromatic heterocycles. The molecule has 1 fully saturated rings. The molecule has 0 spiro atoms. The standard InChI is InChI=1S/C22H23N3O3/c1-2-15-28-20-11-3-16(4-12-20)13-14-23-21(26)17-5-7-18(8-6-17)24-22(27)25-19-9-10-19/h1,3-8,11-12,19H,9-10,13-15H2,(H,23,26)(H2,24,25,27). The molecule has 0 radical (unpaired) electrons. The number of anilines is 1. The van der Waals surface area contributed by atoms with Crippen molar-refractivity contribution in [2.45, 2.75) is 25.3 Å². The molecule has 2 aromatic carbocycles. The molecule has 3 amide bonds. The number of rotatable bonds is 8. The molecular weight excluding hydrogens is 354 g/mol. The number of nitrogens with one attached hydrogen (secondary N) is 3. The Hall–Kier alpha value is -3.46. The number of amides is 3. The smallest absolute Gasteiger partial charge is 0.319 e. The minimum Gasteiger partial charge on any atom is -0.481 e. The number of carbonyl (C=O) groups excluding carboxylic acids is 2. The fourth-order valence-electron chi connectivity index (χ4n) is 2.58. The third-order valence-corrected chi connectivity index (χ3v) is 4.26. The minimum atomic E-state index is -0.213. The van der Waals surface area contributed by atoms with E-state index in [1.165, 1.54) is 0 Å². The third kappa shape index (κ3) is 6.06. The molecule has 0 heterocycles. The van der Waals surface area contributed by atoms with Gasteiger partial charge in [-0.1, -0.05) is 18.1 Å². The van der Waals surface area contributed by atoms with Gasteiger partial charge in [-0.25, -0.2) is 4.79 Å². The van der Waals surface area contributed by atoms with Gasteiger partial charge in [-0.15, -0.1) is 6.42 Å². The van der Waals surface area contributed by atoms with E-state index < -0.39 is 0 Å². The van der Waals surface area contributed by atoms with Gasteiger partial charge >= 0.3 is 6.03 Å². The summed E-state index contributed by atoms with van der Waals surface area (Å²) >= 11 is 0. The molecule has 6 nitrogen and oxygen atoms in total. The average Bonchev–Trinajstić information content (AvgIpc) is 3.51. The fraction of sp³-hybridized carbons (Fsp3) is 0.273. The first kappa shape index (κ1) is 19.3. The highest BCUT2D eigenvalue weighted by molar-refractivity contribution is 5.95. The summed E-state index contributed by atoms with van der Waals surface area (Å²) < 4.78 is 5.33. The molecule has 28 heavy (non-hydrogen) atoms. The monoisotopic (exact) mass is 377 g/mol. The minimum absolute atomic E-state index is 0.150. The van der Waals surface area contributed by atoms with Crippen LogP contribution in [0.15, 0.2) is 48.5 Å². The van der Waals surface area contributed by atoms with Crippen molar-refractivity contribution >= 4 is 17.6 Å². The van der Waals surface area contributed by atoms with Crippen LogP contribution in [0.1, 0.15) is 28.8 Å². The van der Waals surface area contributed by atoms with Gasteiger partial charge in [-0.05, 0) is 61.2 Å². The lowest BCUT2D eigenvalue weighted by Gasteiger charge is -2.09. The van der Waals surface area contributed by atoms with E-state index in [4.69, 9.17) is 11.2 Å². The lowest BCUT2D eigenvalue weighted by atomic mass is 10.1. The van der Waals surface area contributed by atoms with Crippen LogP contribution in [-0.4, -0.2) is 31.1 Å². The maximum atomic E-state index is 12.2. The zero-order valence-corrected chi connectivity index (χ0v) is 15.5. The predicted octanol–water partition coefficient (Wildman–Crippen LogP) is 2.96. The van der Waals surface area contributed by atoms with Crippen LogP contribution in [0.4, 0.5) is 10.5 Å². The Balaban J connectivity index is 1.41. The summed E-state index contributed by atoms with van der Waals surface area (Å²) in [5.74, 6) is 3.00. The second-order valence-electron chi connectivity index (χ2n) is 6.59. The van der Waals surface area contributed by atoms with Crippen molar-refractivity contribution in [1.82, 2.24) is 10.6 Å². The van der Waals surface area contributed by atoms with Crippen molar-refractivity contribution in [3.05, 3.63) is 59.7 Å². The van der Waals surface area contributed by atoms with Crippen LogP contribution < -0.4 is 20.7 Å². The largest absolute Gasteiger partial charge is 0.481 e. The van der Waals surface area contributed by atoms with Crippen molar-refractivity contribution in [1.29, 1.82) is 0 Å². The summed E-state index contributed by atoms with van der Waals surface area (Å²) in [4.78, 5) is 24.0. The summed E-state index contributed by atoms with van der Waals surface area (Å²) in [6.07, 6.45) is 7.95. The molecule has 1 saturated carbocycles.